The minimum absolute atomic E-state index is 0.0236. The number of carbonyl (C=O) groups is 2. The largest absolute Gasteiger partial charge is 0.478 e. The molecule has 1 aromatic heterocycles. The summed E-state index contributed by atoms with van der Waals surface area (Å²) in [7, 11) is 1.54. The number of hydrogen-bond donors (Lipinski definition) is 2. The zero-order valence-electron chi connectivity index (χ0n) is 10.0. The Hall–Kier alpha value is -1.89. The summed E-state index contributed by atoms with van der Waals surface area (Å²) in [6, 6.07) is 0. The van der Waals surface area contributed by atoms with Crippen LogP contribution in [0.2, 0.25) is 0 Å². The van der Waals surface area contributed by atoms with Crippen LogP contribution >= 0.6 is 0 Å². The smallest absolute Gasteiger partial charge is 0.339 e. The van der Waals surface area contributed by atoms with Crippen LogP contribution in [-0.4, -0.2) is 46.0 Å². The second-order valence-corrected chi connectivity index (χ2v) is 4.18. The summed E-state index contributed by atoms with van der Waals surface area (Å²) in [6.07, 6.45) is 3.10. The number of carbonyl (C=O) groups excluding carboxylic acids is 1. The van der Waals surface area contributed by atoms with E-state index in [9.17, 15) is 9.59 Å². The molecule has 0 bridgehead atoms. The number of nitrogens with zero attached hydrogens (tertiary/aromatic N) is 2. The number of carboxylic acid groups (broad SMARTS) is 1. The highest BCUT2D eigenvalue weighted by molar-refractivity contribution is 6.03. The third-order valence-electron chi connectivity index (χ3n) is 2.90. The Morgan fingerprint density at radius 2 is 2.44 bits per heavy atom. The molecule has 1 aliphatic heterocycles. The molecule has 1 aromatic rings. The first-order valence-electron chi connectivity index (χ1n) is 5.74. The molecule has 0 radical (unpaired) electrons. The second kappa shape index (κ2) is 5.18. The van der Waals surface area contributed by atoms with E-state index in [1.54, 1.807) is 0 Å². The summed E-state index contributed by atoms with van der Waals surface area (Å²) >= 11 is 0. The predicted octanol–water partition coefficient (Wildman–Crippen LogP) is 0.0271. The minimum atomic E-state index is -1.16. The molecule has 1 unspecified atom stereocenters. The predicted molar refractivity (Wildman–Crippen MR) is 61.5 cm³/mol. The number of amides is 1. The maximum Gasteiger partial charge on any atom is 0.339 e. The summed E-state index contributed by atoms with van der Waals surface area (Å²) in [6.45, 7) is 1.11. The van der Waals surface area contributed by atoms with Gasteiger partial charge in [0, 0.05) is 20.2 Å². The summed E-state index contributed by atoms with van der Waals surface area (Å²) in [5, 5.41) is 15.4. The van der Waals surface area contributed by atoms with Crippen molar-refractivity contribution < 1.29 is 19.4 Å². The Kier molecular flexibility index (Phi) is 3.61. The fourth-order valence-corrected chi connectivity index (χ4v) is 1.96. The lowest BCUT2D eigenvalue weighted by molar-refractivity contribution is 0.0688. The Bertz CT molecular complexity index is 463. The van der Waals surface area contributed by atoms with E-state index in [2.05, 4.69) is 10.4 Å². The molecule has 7 nitrogen and oxygen atoms in total. The Morgan fingerprint density at radius 1 is 1.67 bits per heavy atom. The van der Waals surface area contributed by atoms with Crippen molar-refractivity contribution in [3.8, 4) is 0 Å². The van der Waals surface area contributed by atoms with Gasteiger partial charge in [0.1, 0.15) is 11.3 Å². The van der Waals surface area contributed by atoms with Crippen LogP contribution in [0, 0.1) is 0 Å². The van der Waals surface area contributed by atoms with Gasteiger partial charge in [-0.2, -0.15) is 5.10 Å². The zero-order valence-corrected chi connectivity index (χ0v) is 10.0. The Morgan fingerprint density at radius 3 is 3.06 bits per heavy atom. The van der Waals surface area contributed by atoms with Crippen LogP contribution in [0.4, 0.5) is 0 Å². The third-order valence-corrected chi connectivity index (χ3v) is 2.90. The lowest BCUT2D eigenvalue weighted by Gasteiger charge is -2.11. The van der Waals surface area contributed by atoms with E-state index in [0.29, 0.717) is 13.2 Å². The van der Waals surface area contributed by atoms with Crippen molar-refractivity contribution in [1.82, 2.24) is 15.1 Å². The molecule has 7 heteroatoms. The van der Waals surface area contributed by atoms with Crippen LogP contribution in [-0.2, 0) is 11.8 Å². The van der Waals surface area contributed by atoms with Crippen LogP contribution in [0.15, 0.2) is 6.20 Å². The molecular weight excluding hydrogens is 238 g/mol. The minimum Gasteiger partial charge on any atom is -0.478 e. The lowest BCUT2D eigenvalue weighted by Crippen LogP contribution is -2.33. The number of aryl methyl sites for hydroxylation is 1. The van der Waals surface area contributed by atoms with Crippen molar-refractivity contribution in [2.45, 2.75) is 18.9 Å². The van der Waals surface area contributed by atoms with E-state index in [1.165, 1.54) is 17.9 Å². The van der Waals surface area contributed by atoms with Crippen LogP contribution < -0.4 is 5.32 Å². The Balaban J connectivity index is 2.03. The molecule has 2 rings (SSSR count). The van der Waals surface area contributed by atoms with Crippen molar-refractivity contribution in [3.05, 3.63) is 17.5 Å². The normalized spacial score (nSPS) is 18.8. The molecule has 1 atom stereocenters. The third kappa shape index (κ3) is 2.51. The first kappa shape index (κ1) is 12.6. The average molecular weight is 253 g/mol. The summed E-state index contributed by atoms with van der Waals surface area (Å²) in [5.74, 6) is -1.60. The van der Waals surface area contributed by atoms with Gasteiger partial charge in [-0.15, -0.1) is 0 Å². The van der Waals surface area contributed by atoms with E-state index in [1.807, 2.05) is 0 Å². The van der Waals surface area contributed by atoms with E-state index in [4.69, 9.17) is 9.84 Å². The van der Waals surface area contributed by atoms with E-state index >= 15 is 0 Å². The van der Waals surface area contributed by atoms with Gasteiger partial charge >= 0.3 is 5.97 Å². The highest BCUT2D eigenvalue weighted by atomic mass is 16.5. The van der Waals surface area contributed by atoms with Gasteiger partial charge in [-0.1, -0.05) is 0 Å². The van der Waals surface area contributed by atoms with Gasteiger partial charge in [-0.05, 0) is 12.8 Å². The van der Waals surface area contributed by atoms with Gasteiger partial charge in [0.15, 0.2) is 0 Å². The van der Waals surface area contributed by atoms with Crippen molar-refractivity contribution >= 4 is 11.9 Å². The van der Waals surface area contributed by atoms with Crippen LogP contribution in [0.3, 0.4) is 0 Å². The molecule has 18 heavy (non-hydrogen) atoms. The zero-order chi connectivity index (χ0) is 13.1. The molecule has 1 saturated heterocycles. The quantitative estimate of drug-likeness (QED) is 0.789. The first-order valence-corrected chi connectivity index (χ1v) is 5.74. The maximum absolute atomic E-state index is 11.9. The summed E-state index contributed by atoms with van der Waals surface area (Å²) < 4.78 is 6.63. The first-order chi connectivity index (χ1) is 8.59. The molecule has 0 aromatic carbocycles. The summed E-state index contributed by atoms with van der Waals surface area (Å²) in [5.41, 5.74) is -0.0390. The number of ether oxygens (including phenoxy) is 1. The lowest BCUT2D eigenvalue weighted by atomic mass is 10.2. The number of carboxylic acids is 1. The van der Waals surface area contributed by atoms with E-state index in [-0.39, 0.29) is 17.4 Å². The molecule has 0 spiro atoms. The van der Waals surface area contributed by atoms with Crippen molar-refractivity contribution in [3.63, 3.8) is 0 Å². The maximum atomic E-state index is 11.9. The molecule has 2 heterocycles. The van der Waals surface area contributed by atoms with Gasteiger partial charge < -0.3 is 15.2 Å². The Labute approximate surface area is 104 Å². The highest BCUT2D eigenvalue weighted by Gasteiger charge is 2.23. The number of hydrogen-bond acceptors (Lipinski definition) is 4. The number of rotatable bonds is 4. The molecule has 1 aliphatic rings. The van der Waals surface area contributed by atoms with Crippen molar-refractivity contribution in [1.29, 1.82) is 0 Å². The molecule has 0 aliphatic carbocycles. The SMILES string of the molecule is Cn1ncc(C(=O)O)c1C(=O)NCC1CCCO1. The fourth-order valence-electron chi connectivity index (χ4n) is 1.96. The molecule has 98 valence electrons. The van der Waals surface area contributed by atoms with Crippen LogP contribution in [0.5, 0.6) is 0 Å². The number of nitrogens with one attached hydrogen (secondary N) is 1. The van der Waals surface area contributed by atoms with Crippen LogP contribution in [0.25, 0.3) is 0 Å². The van der Waals surface area contributed by atoms with Gasteiger partial charge in [-0.3, -0.25) is 9.48 Å². The van der Waals surface area contributed by atoms with Gasteiger partial charge in [0.05, 0.1) is 12.3 Å². The molecule has 2 N–H and O–H groups in total. The van der Waals surface area contributed by atoms with Gasteiger partial charge in [0.25, 0.3) is 5.91 Å². The molecule has 0 saturated carbocycles. The topological polar surface area (TPSA) is 93.5 Å². The number of aromatic carboxylic acids is 1. The molecule has 1 amide bonds. The van der Waals surface area contributed by atoms with E-state index < -0.39 is 11.9 Å². The van der Waals surface area contributed by atoms with E-state index in [0.717, 1.165) is 12.8 Å². The van der Waals surface area contributed by atoms with Gasteiger partial charge in [-0.25, -0.2) is 4.79 Å². The number of aromatic nitrogens is 2. The average Bonchev–Trinajstić information content (AvgIpc) is 2.94. The fraction of sp³-hybridized carbons (Fsp3) is 0.545. The standard InChI is InChI=1S/C11H15N3O4/c1-14-9(8(6-13-14)11(16)17)10(15)12-5-7-3-2-4-18-7/h6-7H,2-5H2,1H3,(H,12,15)(H,16,17). The monoisotopic (exact) mass is 253 g/mol. The van der Waals surface area contributed by atoms with Crippen molar-refractivity contribution in [2.75, 3.05) is 13.2 Å². The van der Waals surface area contributed by atoms with Crippen LogP contribution in [0.1, 0.15) is 33.7 Å². The van der Waals surface area contributed by atoms with Gasteiger partial charge in [0.2, 0.25) is 0 Å². The molecular formula is C11H15N3O4. The highest BCUT2D eigenvalue weighted by Crippen LogP contribution is 2.12. The second-order valence-electron chi connectivity index (χ2n) is 4.18. The molecule has 1 fully saturated rings. The van der Waals surface area contributed by atoms with Crippen molar-refractivity contribution in [2.24, 2.45) is 7.05 Å². The summed E-state index contributed by atoms with van der Waals surface area (Å²) in [4.78, 5) is 22.9.